The number of ether oxygens (including phenoxy) is 1. The number of aromatic amines is 1. The van der Waals surface area contributed by atoms with Crippen LogP contribution in [0.1, 0.15) is 51.0 Å². The second-order valence-corrected chi connectivity index (χ2v) is 6.67. The molecule has 1 saturated heterocycles. The maximum absolute atomic E-state index is 5.97. The molecule has 120 valence electrons. The lowest BCUT2D eigenvalue weighted by molar-refractivity contribution is 0.233. The van der Waals surface area contributed by atoms with Crippen molar-refractivity contribution in [3.05, 3.63) is 30.0 Å². The van der Waals surface area contributed by atoms with Gasteiger partial charge in [0.25, 0.3) is 0 Å². The fourth-order valence-corrected chi connectivity index (χ4v) is 3.50. The van der Waals surface area contributed by atoms with Gasteiger partial charge in [-0.05, 0) is 62.9 Å². The summed E-state index contributed by atoms with van der Waals surface area (Å²) < 4.78 is 5.97. The summed E-state index contributed by atoms with van der Waals surface area (Å²) >= 11 is 0. The quantitative estimate of drug-likeness (QED) is 0.848. The lowest BCUT2D eigenvalue weighted by Gasteiger charge is -2.19. The number of likely N-dealkylation sites (tertiary alicyclic amines) is 1. The van der Waals surface area contributed by atoms with Crippen LogP contribution in [0.5, 0.6) is 5.75 Å². The van der Waals surface area contributed by atoms with Gasteiger partial charge in [-0.2, -0.15) is 0 Å². The maximum Gasteiger partial charge on any atom is 0.121 e. The second-order valence-electron chi connectivity index (χ2n) is 6.67. The zero-order valence-corrected chi connectivity index (χ0v) is 14.1. The van der Waals surface area contributed by atoms with E-state index in [1.165, 1.54) is 42.3 Å². The summed E-state index contributed by atoms with van der Waals surface area (Å²) in [6.07, 6.45) is 7.08. The first-order valence-electron chi connectivity index (χ1n) is 8.63. The molecule has 1 aliphatic rings. The third-order valence-electron chi connectivity index (χ3n) is 5.22. The molecule has 0 bridgehead atoms. The topological polar surface area (TPSA) is 28.3 Å². The van der Waals surface area contributed by atoms with E-state index in [2.05, 4.69) is 55.2 Å². The molecule has 3 rings (SSSR count). The van der Waals surface area contributed by atoms with Crippen LogP contribution < -0.4 is 4.74 Å². The Balaban J connectivity index is 1.63. The Kier molecular flexibility index (Phi) is 4.72. The van der Waals surface area contributed by atoms with Crippen LogP contribution >= 0.6 is 0 Å². The highest BCUT2D eigenvalue weighted by Crippen LogP contribution is 2.30. The summed E-state index contributed by atoms with van der Waals surface area (Å²) in [5, 5.41) is 1.33. The minimum absolute atomic E-state index is 0.596. The van der Waals surface area contributed by atoms with Crippen molar-refractivity contribution in [2.24, 2.45) is 0 Å². The van der Waals surface area contributed by atoms with Crippen LogP contribution in [0.15, 0.2) is 24.4 Å². The average Bonchev–Trinajstić information content (AvgIpc) is 3.13. The monoisotopic (exact) mass is 300 g/mol. The van der Waals surface area contributed by atoms with Crippen molar-refractivity contribution in [2.75, 3.05) is 20.2 Å². The fourth-order valence-electron chi connectivity index (χ4n) is 3.50. The number of hydrogen-bond donors (Lipinski definition) is 1. The average molecular weight is 300 g/mol. The molecule has 0 spiro atoms. The summed E-state index contributed by atoms with van der Waals surface area (Å²) in [6, 6.07) is 7.15. The molecule has 0 saturated carbocycles. The van der Waals surface area contributed by atoms with Gasteiger partial charge < -0.3 is 14.6 Å². The number of benzene rings is 1. The molecule has 0 radical (unpaired) electrons. The van der Waals surface area contributed by atoms with Crippen LogP contribution in [-0.2, 0) is 0 Å². The van der Waals surface area contributed by atoms with Gasteiger partial charge in [0, 0.05) is 29.2 Å². The van der Waals surface area contributed by atoms with Gasteiger partial charge in [0.1, 0.15) is 5.75 Å². The largest absolute Gasteiger partial charge is 0.493 e. The van der Waals surface area contributed by atoms with Crippen LogP contribution in [0.4, 0.5) is 0 Å². The normalized spacial score (nSPS) is 20.6. The Bertz CT molecular complexity index is 619. The highest BCUT2D eigenvalue weighted by molar-refractivity contribution is 5.85. The van der Waals surface area contributed by atoms with Gasteiger partial charge in [0.15, 0.2) is 0 Å². The lowest BCUT2D eigenvalue weighted by atomic mass is 9.98. The lowest BCUT2D eigenvalue weighted by Crippen LogP contribution is -2.26. The van der Waals surface area contributed by atoms with Gasteiger partial charge in [0.2, 0.25) is 0 Å². The molecule has 1 fully saturated rings. The standard InChI is InChI=1S/C19H28N2O/c1-4-14(2)18-13-20-19-12-16(7-8-17(18)19)22-11-9-15-6-5-10-21(15)3/h7-8,12-15,20H,4-6,9-11H2,1-3H3. The summed E-state index contributed by atoms with van der Waals surface area (Å²) in [4.78, 5) is 5.85. The van der Waals surface area contributed by atoms with Crippen molar-refractivity contribution in [3.63, 3.8) is 0 Å². The smallest absolute Gasteiger partial charge is 0.121 e. The Morgan fingerprint density at radius 2 is 2.27 bits per heavy atom. The summed E-state index contributed by atoms with van der Waals surface area (Å²) in [5.74, 6) is 1.57. The van der Waals surface area contributed by atoms with Gasteiger partial charge in [-0.25, -0.2) is 0 Å². The second kappa shape index (κ2) is 6.74. The number of nitrogens with one attached hydrogen (secondary N) is 1. The van der Waals surface area contributed by atoms with Crippen LogP contribution in [0.2, 0.25) is 0 Å². The molecule has 3 nitrogen and oxygen atoms in total. The molecule has 1 aromatic heterocycles. The van der Waals surface area contributed by atoms with Crippen LogP contribution in [0, 0.1) is 0 Å². The summed E-state index contributed by atoms with van der Waals surface area (Å²) in [5.41, 5.74) is 2.60. The first-order valence-corrected chi connectivity index (χ1v) is 8.63. The minimum atomic E-state index is 0.596. The first kappa shape index (κ1) is 15.4. The van der Waals surface area contributed by atoms with Crippen molar-refractivity contribution in [1.82, 2.24) is 9.88 Å². The van der Waals surface area contributed by atoms with Crippen molar-refractivity contribution in [1.29, 1.82) is 0 Å². The molecule has 1 N–H and O–H groups in total. The molecule has 2 heterocycles. The third-order valence-corrected chi connectivity index (χ3v) is 5.22. The number of rotatable bonds is 6. The van der Waals surface area contributed by atoms with Crippen LogP contribution in [0.25, 0.3) is 10.9 Å². The molecule has 1 aliphatic heterocycles. The van der Waals surface area contributed by atoms with E-state index in [-0.39, 0.29) is 0 Å². The Morgan fingerprint density at radius 3 is 3.00 bits per heavy atom. The molecule has 3 heteroatoms. The van der Waals surface area contributed by atoms with Crippen molar-refractivity contribution < 1.29 is 4.74 Å². The van der Waals surface area contributed by atoms with E-state index in [0.717, 1.165) is 18.8 Å². The van der Waals surface area contributed by atoms with E-state index in [1.54, 1.807) is 0 Å². The predicted octanol–water partition coefficient (Wildman–Crippen LogP) is 4.54. The molecule has 2 atom stereocenters. The molecular weight excluding hydrogens is 272 g/mol. The van der Waals surface area contributed by atoms with Crippen molar-refractivity contribution in [3.8, 4) is 5.75 Å². The van der Waals surface area contributed by atoms with E-state index in [4.69, 9.17) is 4.74 Å². The van der Waals surface area contributed by atoms with Gasteiger partial charge in [-0.3, -0.25) is 0 Å². The highest BCUT2D eigenvalue weighted by atomic mass is 16.5. The Morgan fingerprint density at radius 1 is 1.41 bits per heavy atom. The summed E-state index contributed by atoms with van der Waals surface area (Å²) in [6.45, 7) is 6.56. The van der Waals surface area contributed by atoms with Gasteiger partial charge in [-0.1, -0.05) is 13.8 Å². The number of aromatic nitrogens is 1. The summed E-state index contributed by atoms with van der Waals surface area (Å²) in [7, 11) is 2.22. The van der Waals surface area contributed by atoms with E-state index in [0.29, 0.717) is 12.0 Å². The number of fused-ring (bicyclic) bond motifs is 1. The van der Waals surface area contributed by atoms with Crippen LogP contribution in [-0.4, -0.2) is 36.1 Å². The van der Waals surface area contributed by atoms with Gasteiger partial charge in [0.05, 0.1) is 6.61 Å². The van der Waals surface area contributed by atoms with Crippen molar-refractivity contribution >= 4 is 10.9 Å². The van der Waals surface area contributed by atoms with Crippen molar-refractivity contribution in [2.45, 2.75) is 51.5 Å². The van der Waals surface area contributed by atoms with E-state index in [1.807, 2.05) is 0 Å². The Hall–Kier alpha value is -1.48. The molecular formula is C19H28N2O. The first-order chi connectivity index (χ1) is 10.7. The van der Waals surface area contributed by atoms with Gasteiger partial charge in [-0.15, -0.1) is 0 Å². The number of hydrogen-bond acceptors (Lipinski definition) is 2. The van der Waals surface area contributed by atoms with E-state index in [9.17, 15) is 0 Å². The predicted molar refractivity (Wildman–Crippen MR) is 92.8 cm³/mol. The third kappa shape index (κ3) is 3.14. The molecule has 2 aromatic rings. The molecule has 2 unspecified atom stereocenters. The molecule has 22 heavy (non-hydrogen) atoms. The van der Waals surface area contributed by atoms with Crippen LogP contribution in [0.3, 0.4) is 0 Å². The molecule has 0 amide bonds. The molecule has 1 aromatic carbocycles. The SMILES string of the molecule is CCC(C)c1c[nH]c2cc(OCCC3CCCN3C)ccc12. The maximum atomic E-state index is 5.97. The number of H-pyrrole nitrogens is 1. The zero-order valence-electron chi connectivity index (χ0n) is 14.1. The van der Waals surface area contributed by atoms with Gasteiger partial charge >= 0.3 is 0 Å². The molecule has 0 aliphatic carbocycles. The number of nitrogens with zero attached hydrogens (tertiary/aromatic N) is 1. The highest BCUT2D eigenvalue weighted by Gasteiger charge is 2.20. The minimum Gasteiger partial charge on any atom is -0.493 e. The Labute approximate surface area is 133 Å². The zero-order chi connectivity index (χ0) is 15.5. The van der Waals surface area contributed by atoms with E-state index >= 15 is 0 Å². The fraction of sp³-hybridized carbons (Fsp3) is 0.579. The van der Waals surface area contributed by atoms with E-state index < -0.39 is 0 Å².